The predicted molar refractivity (Wildman–Crippen MR) is 163 cm³/mol. The van der Waals surface area contributed by atoms with Gasteiger partial charge in [-0.25, -0.2) is 9.79 Å². The topological polar surface area (TPSA) is 112 Å². The van der Waals surface area contributed by atoms with Crippen molar-refractivity contribution < 1.29 is 23.7 Å². The maximum Gasteiger partial charge on any atom is 0.338 e. The van der Waals surface area contributed by atoms with Gasteiger partial charge >= 0.3 is 5.97 Å². The minimum Gasteiger partial charge on any atom is -0.494 e. The number of methoxy groups -OCH3 is 1. The Bertz CT molecular complexity index is 1890. The second-order valence-electron chi connectivity index (χ2n) is 9.26. The van der Waals surface area contributed by atoms with E-state index in [0.717, 1.165) is 5.56 Å². The molecule has 1 aromatic heterocycles. The number of hydrogen-bond acceptors (Lipinski definition) is 9. The zero-order chi connectivity index (χ0) is 30.3. The first-order chi connectivity index (χ1) is 21.0. The average Bonchev–Trinajstić information content (AvgIpc) is 3.34. The smallest absolute Gasteiger partial charge is 0.338 e. The van der Waals surface area contributed by atoms with Gasteiger partial charge in [-0.2, -0.15) is 5.26 Å². The van der Waals surface area contributed by atoms with Crippen molar-refractivity contribution in [3.63, 3.8) is 0 Å². The number of benzene rings is 3. The number of fused-ring (bicyclic) bond motifs is 1. The van der Waals surface area contributed by atoms with E-state index in [1.54, 1.807) is 31.2 Å². The van der Waals surface area contributed by atoms with Gasteiger partial charge in [0.25, 0.3) is 5.56 Å². The molecule has 0 saturated carbocycles. The highest BCUT2D eigenvalue weighted by atomic mass is 32.1. The minimum absolute atomic E-state index is 0.159. The van der Waals surface area contributed by atoms with Crippen molar-refractivity contribution in [1.82, 2.24) is 4.57 Å². The summed E-state index contributed by atoms with van der Waals surface area (Å²) >= 11 is 1.19. The molecule has 4 aromatic rings. The van der Waals surface area contributed by atoms with Gasteiger partial charge in [0, 0.05) is 11.1 Å². The molecule has 1 aliphatic rings. The highest BCUT2D eigenvalue weighted by molar-refractivity contribution is 7.07. The van der Waals surface area contributed by atoms with Crippen molar-refractivity contribution in [1.29, 1.82) is 5.26 Å². The molecule has 0 aliphatic carbocycles. The van der Waals surface area contributed by atoms with Crippen molar-refractivity contribution in [2.75, 3.05) is 26.9 Å². The van der Waals surface area contributed by atoms with Crippen molar-refractivity contribution in [3.8, 4) is 23.3 Å². The molecule has 43 heavy (non-hydrogen) atoms. The second-order valence-corrected chi connectivity index (χ2v) is 10.3. The zero-order valence-corrected chi connectivity index (χ0v) is 24.7. The quantitative estimate of drug-likeness (QED) is 0.252. The third kappa shape index (κ3) is 5.94. The summed E-state index contributed by atoms with van der Waals surface area (Å²) in [6.07, 6.45) is 1.69. The first kappa shape index (κ1) is 29.4. The van der Waals surface area contributed by atoms with Crippen LogP contribution in [0.3, 0.4) is 0 Å². The molecule has 9 nitrogen and oxygen atoms in total. The van der Waals surface area contributed by atoms with E-state index in [-0.39, 0.29) is 24.3 Å². The van der Waals surface area contributed by atoms with Crippen LogP contribution in [-0.4, -0.2) is 37.5 Å². The summed E-state index contributed by atoms with van der Waals surface area (Å²) in [6.45, 7) is 4.11. The number of aromatic nitrogens is 1. The number of thiazole rings is 1. The molecule has 218 valence electrons. The molecule has 0 fully saturated rings. The van der Waals surface area contributed by atoms with Crippen LogP contribution in [0.4, 0.5) is 0 Å². The molecule has 10 heteroatoms. The first-order valence-electron chi connectivity index (χ1n) is 13.7. The van der Waals surface area contributed by atoms with Crippen molar-refractivity contribution >= 4 is 29.1 Å². The summed E-state index contributed by atoms with van der Waals surface area (Å²) in [7, 11) is 1.51. The van der Waals surface area contributed by atoms with E-state index in [4.69, 9.17) is 29.2 Å². The Balaban J connectivity index is 1.79. The molecule has 5 rings (SSSR count). The van der Waals surface area contributed by atoms with E-state index in [1.165, 1.54) is 23.0 Å². The molecule has 0 bridgehead atoms. The lowest BCUT2D eigenvalue weighted by atomic mass is 9.93. The van der Waals surface area contributed by atoms with Gasteiger partial charge in [-0.05, 0) is 43.7 Å². The van der Waals surface area contributed by atoms with Gasteiger partial charge in [0.05, 0.1) is 42.2 Å². The standard InChI is InChI=1S/C33H29N3O6S/c1-4-40-24-16-14-22(15-17-24)29-27(32(38)41-5-2)28(21-10-7-6-8-11-21)35-33-36(29)31(37)26(43-33)20-23-12-9-13-25(39-3)30(23)42-19-18-34/h6-17,20,29H,4-5,19H2,1-3H3/b26-20-/t29-/m0/s1. The Hall–Kier alpha value is -5.14. The molecule has 3 aromatic carbocycles. The van der Waals surface area contributed by atoms with Crippen molar-refractivity contribution in [3.05, 3.63) is 115 Å². The molecule has 0 amide bonds. The van der Waals surface area contributed by atoms with Crippen molar-refractivity contribution in [2.24, 2.45) is 4.99 Å². The number of hydrogen-bond donors (Lipinski definition) is 0. The van der Waals surface area contributed by atoms with Gasteiger partial charge in [-0.3, -0.25) is 9.36 Å². The van der Waals surface area contributed by atoms with E-state index in [1.807, 2.05) is 67.6 Å². The van der Waals surface area contributed by atoms with Gasteiger partial charge in [0.2, 0.25) is 0 Å². The normalized spacial score (nSPS) is 14.4. The maximum absolute atomic E-state index is 14.2. The number of nitriles is 1. The SMILES string of the molecule is CCOC(=O)C1=C(c2ccccc2)N=c2s/c(=C\c3cccc(OC)c3OCC#N)c(=O)n2[C@H]1c1ccc(OCC)cc1. The Morgan fingerprint density at radius 2 is 1.79 bits per heavy atom. The lowest BCUT2D eigenvalue weighted by Crippen LogP contribution is -2.40. The third-order valence-electron chi connectivity index (χ3n) is 6.68. The van der Waals surface area contributed by atoms with Crippen LogP contribution in [0.2, 0.25) is 0 Å². The molecule has 0 saturated heterocycles. The highest BCUT2D eigenvalue weighted by Crippen LogP contribution is 2.36. The Morgan fingerprint density at radius 3 is 2.47 bits per heavy atom. The monoisotopic (exact) mass is 595 g/mol. The zero-order valence-electron chi connectivity index (χ0n) is 23.9. The summed E-state index contributed by atoms with van der Waals surface area (Å²) in [6, 6.07) is 23.1. The number of para-hydroxylation sites is 1. The van der Waals surface area contributed by atoms with Gasteiger partial charge < -0.3 is 18.9 Å². The lowest BCUT2D eigenvalue weighted by Gasteiger charge is -2.26. The lowest BCUT2D eigenvalue weighted by molar-refractivity contribution is -0.138. The van der Waals surface area contributed by atoms with Crippen LogP contribution in [0, 0.1) is 11.3 Å². The Morgan fingerprint density at radius 1 is 1.02 bits per heavy atom. The van der Waals surface area contributed by atoms with Gasteiger partial charge in [-0.15, -0.1) is 0 Å². The number of carbonyl (C=O) groups is 1. The molecule has 1 atom stereocenters. The molecular weight excluding hydrogens is 566 g/mol. The fourth-order valence-electron chi connectivity index (χ4n) is 4.88. The highest BCUT2D eigenvalue weighted by Gasteiger charge is 2.35. The molecule has 0 radical (unpaired) electrons. The maximum atomic E-state index is 14.2. The fraction of sp³-hybridized carbons (Fsp3) is 0.212. The van der Waals surface area contributed by atoms with Crippen LogP contribution in [0.5, 0.6) is 17.2 Å². The largest absolute Gasteiger partial charge is 0.494 e. The van der Waals surface area contributed by atoms with Gasteiger partial charge in [0.1, 0.15) is 11.8 Å². The van der Waals surface area contributed by atoms with E-state index in [0.29, 0.717) is 50.0 Å². The molecular formula is C33H29N3O6S. The Kier molecular flexibility index (Phi) is 9.03. The fourth-order valence-corrected chi connectivity index (χ4v) is 5.87. The number of ether oxygens (including phenoxy) is 4. The summed E-state index contributed by atoms with van der Waals surface area (Å²) in [5.74, 6) is 0.891. The van der Waals surface area contributed by atoms with E-state index >= 15 is 0 Å². The van der Waals surface area contributed by atoms with E-state index in [9.17, 15) is 9.59 Å². The third-order valence-corrected chi connectivity index (χ3v) is 7.66. The van der Waals surface area contributed by atoms with Gasteiger partial charge in [0.15, 0.2) is 22.9 Å². The second kappa shape index (κ2) is 13.2. The minimum atomic E-state index is -0.817. The van der Waals surface area contributed by atoms with E-state index < -0.39 is 12.0 Å². The van der Waals surface area contributed by atoms with Crippen LogP contribution in [0.1, 0.15) is 36.6 Å². The van der Waals surface area contributed by atoms with Crippen molar-refractivity contribution in [2.45, 2.75) is 19.9 Å². The average molecular weight is 596 g/mol. The van der Waals surface area contributed by atoms with Crippen LogP contribution in [0.15, 0.2) is 88.2 Å². The summed E-state index contributed by atoms with van der Waals surface area (Å²) < 4.78 is 24.2. The molecule has 2 heterocycles. The molecule has 0 unspecified atom stereocenters. The first-order valence-corrected chi connectivity index (χ1v) is 14.5. The van der Waals surface area contributed by atoms with Crippen LogP contribution in [0.25, 0.3) is 11.8 Å². The van der Waals surface area contributed by atoms with Crippen LogP contribution >= 0.6 is 11.3 Å². The summed E-state index contributed by atoms with van der Waals surface area (Å²) in [4.78, 5) is 33.1. The van der Waals surface area contributed by atoms with Crippen LogP contribution in [-0.2, 0) is 9.53 Å². The number of rotatable bonds is 10. The molecule has 1 aliphatic heterocycles. The van der Waals surface area contributed by atoms with Gasteiger partial charge in [-0.1, -0.05) is 65.9 Å². The number of carbonyl (C=O) groups excluding carboxylic acids is 1. The predicted octanol–water partition coefficient (Wildman–Crippen LogP) is 4.25. The van der Waals surface area contributed by atoms with E-state index in [2.05, 4.69) is 0 Å². The van der Waals surface area contributed by atoms with Crippen LogP contribution < -0.4 is 29.1 Å². The number of esters is 1. The summed E-state index contributed by atoms with van der Waals surface area (Å²) in [5, 5.41) is 9.10. The number of nitrogens with zero attached hydrogens (tertiary/aromatic N) is 3. The molecule has 0 spiro atoms. The molecule has 0 N–H and O–H groups in total. The Labute approximate surface area is 252 Å². The summed E-state index contributed by atoms with van der Waals surface area (Å²) in [5.41, 5.74) is 2.33.